The molecule has 0 heterocycles. The fourth-order valence-electron chi connectivity index (χ4n) is 1.83. The smallest absolute Gasteiger partial charge is 0.231 e. The normalized spacial score (nSPS) is 10.6. The molecule has 6 nitrogen and oxygen atoms in total. The number of nitrogens with one attached hydrogen (secondary N) is 1. The summed E-state index contributed by atoms with van der Waals surface area (Å²) in [5.41, 5.74) is 13.1. The van der Waals surface area contributed by atoms with Crippen LogP contribution in [0.5, 0.6) is 0 Å². The van der Waals surface area contributed by atoms with Crippen molar-refractivity contribution in [3.8, 4) is 0 Å². The first kappa shape index (κ1) is 16.0. The van der Waals surface area contributed by atoms with E-state index in [-0.39, 0.29) is 18.4 Å². The minimum atomic E-state index is -0.390. The van der Waals surface area contributed by atoms with Crippen LogP contribution in [0.3, 0.4) is 0 Å². The van der Waals surface area contributed by atoms with E-state index in [1.54, 1.807) is 12.1 Å². The Labute approximate surface area is 119 Å². The molecule has 6 heteroatoms. The summed E-state index contributed by atoms with van der Waals surface area (Å²) in [6.07, 6.45) is 0.301. The molecule has 0 fully saturated rings. The highest BCUT2D eigenvalue weighted by atomic mass is 16.2. The molecule has 0 aromatic heterocycles. The van der Waals surface area contributed by atoms with E-state index in [1.807, 2.05) is 24.8 Å². The van der Waals surface area contributed by atoms with Crippen molar-refractivity contribution in [1.29, 1.82) is 0 Å². The Morgan fingerprint density at radius 1 is 1.35 bits per heavy atom. The number of likely N-dealkylation sites (N-methyl/N-ethyl adjacent to an activating group) is 1. The Balaban J connectivity index is 2.51. The lowest BCUT2D eigenvalue weighted by Crippen LogP contribution is -2.35. The maximum atomic E-state index is 11.9. The van der Waals surface area contributed by atoms with Gasteiger partial charge >= 0.3 is 0 Å². The number of nitrogens with two attached hydrogens (primary N) is 2. The zero-order valence-electron chi connectivity index (χ0n) is 12.0. The summed E-state index contributed by atoms with van der Waals surface area (Å²) in [6.45, 7) is 5.11. The van der Waals surface area contributed by atoms with Crippen LogP contribution in [0.4, 0.5) is 11.4 Å². The van der Waals surface area contributed by atoms with Crippen molar-refractivity contribution in [2.45, 2.75) is 20.3 Å². The predicted molar refractivity (Wildman–Crippen MR) is 80.1 cm³/mol. The first-order chi connectivity index (χ1) is 9.43. The lowest BCUT2D eigenvalue weighted by molar-refractivity contribution is -0.120. The molecule has 0 saturated carbocycles. The molecule has 0 atom stereocenters. The van der Waals surface area contributed by atoms with Crippen molar-refractivity contribution in [2.24, 2.45) is 5.73 Å². The summed E-state index contributed by atoms with van der Waals surface area (Å²) in [7, 11) is 0. The topological polar surface area (TPSA) is 101 Å². The van der Waals surface area contributed by atoms with Crippen molar-refractivity contribution < 1.29 is 9.59 Å². The van der Waals surface area contributed by atoms with Crippen LogP contribution in [0.15, 0.2) is 18.2 Å². The molecule has 1 aromatic rings. The largest absolute Gasteiger partial charge is 0.398 e. The maximum absolute atomic E-state index is 11.9. The molecule has 0 radical (unpaired) electrons. The lowest BCUT2D eigenvalue weighted by atomic mass is 10.1. The number of benzene rings is 1. The van der Waals surface area contributed by atoms with Gasteiger partial charge in [-0.15, -0.1) is 0 Å². The summed E-state index contributed by atoms with van der Waals surface area (Å²) in [4.78, 5) is 24.6. The monoisotopic (exact) mass is 278 g/mol. The highest BCUT2D eigenvalue weighted by Crippen LogP contribution is 2.20. The van der Waals surface area contributed by atoms with Gasteiger partial charge in [-0.05, 0) is 31.2 Å². The first-order valence-electron chi connectivity index (χ1n) is 6.59. The number of rotatable bonds is 7. The zero-order chi connectivity index (χ0) is 15.1. The summed E-state index contributed by atoms with van der Waals surface area (Å²) in [5, 5.41) is 2.82. The van der Waals surface area contributed by atoms with E-state index in [0.717, 1.165) is 5.56 Å². The van der Waals surface area contributed by atoms with E-state index in [9.17, 15) is 9.59 Å². The number of amides is 2. The molecular formula is C14H22N4O2. The summed E-state index contributed by atoms with van der Waals surface area (Å²) < 4.78 is 0. The molecule has 2 amide bonds. The van der Waals surface area contributed by atoms with Crippen LogP contribution >= 0.6 is 0 Å². The van der Waals surface area contributed by atoms with Gasteiger partial charge in [-0.2, -0.15) is 0 Å². The van der Waals surface area contributed by atoms with Crippen molar-refractivity contribution in [3.63, 3.8) is 0 Å². The highest BCUT2D eigenvalue weighted by Gasteiger charge is 2.10. The Bertz CT molecular complexity index is 488. The number of anilines is 2. The second-order valence-corrected chi connectivity index (χ2v) is 4.65. The molecule has 5 N–H and O–H groups in total. The molecule has 0 bridgehead atoms. The minimum absolute atomic E-state index is 0.110. The quantitative estimate of drug-likeness (QED) is 0.639. The predicted octanol–water partition coefficient (Wildman–Crippen LogP) is 0.713. The molecule has 0 aliphatic carbocycles. The molecule has 0 saturated heterocycles. The molecule has 20 heavy (non-hydrogen) atoms. The molecular weight excluding hydrogens is 256 g/mol. The van der Waals surface area contributed by atoms with Crippen LogP contribution in [0.1, 0.15) is 18.9 Å². The zero-order valence-corrected chi connectivity index (χ0v) is 12.0. The first-order valence-corrected chi connectivity index (χ1v) is 6.59. The summed E-state index contributed by atoms with van der Waals surface area (Å²) >= 11 is 0. The van der Waals surface area contributed by atoms with Gasteiger partial charge in [0.1, 0.15) is 0 Å². The van der Waals surface area contributed by atoms with Gasteiger partial charge in [0, 0.05) is 24.3 Å². The minimum Gasteiger partial charge on any atom is -0.398 e. The Hall–Kier alpha value is -2.08. The number of hydrogen-bond donors (Lipinski definition) is 3. The molecule has 0 spiro atoms. The summed E-state index contributed by atoms with van der Waals surface area (Å²) in [5.74, 6) is -0.499. The second-order valence-electron chi connectivity index (χ2n) is 4.65. The van der Waals surface area contributed by atoms with Gasteiger partial charge in [0.2, 0.25) is 11.8 Å². The maximum Gasteiger partial charge on any atom is 0.231 e. The van der Waals surface area contributed by atoms with E-state index < -0.39 is 0 Å². The van der Waals surface area contributed by atoms with Gasteiger partial charge in [0.15, 0.2) is 0 Å². The van der Waals surface area contributed by atoms with Crippen molar-refractivity contribution >= 4 is 23.2 Å². The third-order valence-electron chi connectivity index (χ3n) is 3.13. The number of hydrogen-bond acceptors (Lipinski definition) is 4. The number of primary amides is 1. The standard InChI is InChI=1S/C14H22N4O2/c1-3-18(9-13(16)19)8-7-14(20)17-12-6-4-5-11(15)10(12)2/h4-6H,3,7-9,15H2,1-2H3,(H2,16,19)(H,17,20). The van der Waals surface area contributed by atoms with E-state index >= 15 is 0 Å². The number of nitrogen functional groups attached to an aromatic ring is 1. The molecule has 0 unspecified atom stereocenters. The van der Waals surface area contributed by atoms with Crippen LogP contribution in [-0.2, 0) is 9.59 Å². The molecule has 110 valence electrons. The number of carbonyl (C=O) groups excluding carboxylic acids is 2. The van der Waals surface area contributed by atoms with E-state index in [2.05, 4.69) is 5.32 Å². The van der Waals surface area contributed by atoms with Crippen LogP contribution < -0.4 is 16.8 Å². The van der Waals surface area contributed by atoms with Crippen molar-refractivity contribution in [1.82, 2.24) is 4.90 Å². The van der Waals surface area contributed by atoms with E-state index in [1.165, 1.54) is 0 Å². The van der Waals surface area contributed by atoms with Gasteiger partial charge in [-0.1, -0.05) is 13.0 Å². The number of carbonyl (C=O) groups is 2. The molecule has 0 aliphatic heterocycles. The summed E-state index contributed by atoms with van der Waals surface area (Å²) in [6, 6.07) is 5.39. The lowest BCUT2D eigenvalue weighted by Gasteiger charge is -2.18. The number of nitrogens with zero attached hydrogens (tertiary/aromatic N) is 1. The molecule has 1 aromatic carbocycles. The van der Waals surface area contributed by atoms with Crippen molar-refractivity contribution in [2.75, 3.05) is 30.7 Å². The van der Waals surface area contributed by atoms with Crippen LogP contribution in [0.25, 0.3) is 0 Å². The van der Waals surface area contributed by atoms with Crippen LogP contribution in [-0.4, -0.2) is 36.3 Å². The molecule has 1 rings (SSSR count). The van der Waals surface area contributed by atoms with Gasteiger partial charge in [-0.3, -0.25) is 14.5 Å². The highest BCUT2D eigenvalue weighted by molar-refractivity contribution is 5.92. The third kappa shape index (κ3) is 4.89. The SMILES string of the molecule is CCN(CCC(=O)Nc1cccc(N)c1C)CC(N)=O. The fraction of sp³-hybridized carbons (Fsp3) is 0.429. The van der Waals surface area contributed by atoms with Crippen LogP contribution in [0, 0.1) is 6.92 Å². The van der Waals surface area contributed by atoms with Gasteiger partial charge in [0.05, 0.1) is 6.54 Å². The van der Waals surface area contributed by atoms with E-state index in [4.69, 9.17) is 11.5 Å². The van der Waals surface area contributed by atoms with Gasteiger partial charge < -0.3 is 16.8 Å². The average molecular weight is 278 g/mol. The van der Waals surface area contributed by atoms with Gasteiger partial charge in [-0.25, -0.2) is 0 Å². The second kappa shape index (κ2) is 7.49. The Morgan fingerprint density at radius 2 is 2.05 bits per heavy atom. The third-order valence-corrected chi connectivity index (χ3v) is 3.13. The van der Waals surface area contributed by atoms with Crippen molar-refractivity contribution in [3.05, 3.63) is 23.8 Å². The Morgan fingerprint density at radius 3 is 2.65 bits per heavy atom. The van der Waals surface area contributed by atoms with E-state index in [0.29, 0.717) is 30.9 Å². The molecule has 0 aliphatic rings. The fourth-order valence-corrected chi connectivity index (χ4v) is 1.83. The Kier molecular flexibility index (Phi) is 5.99. The van der Waals surface area contributed by atoms with Crippen LogP contribution in [0.2, 0.25) is 0 Å². The van der Waals surface area contributed by atoms with Gasteiger partial charge in [0.25, 0.3) is 0 Å². The average Bonchev–Trinajstić information content (AvgIpc) is 2.39.